The van der Waals surface area contributed by atoms with Crippen molar-refractivity contribution in [1.29, 1.82) is 0 Å². The first-order chi connectivity index (χ1) is 62.7. The average Bonchev–Trinajstić information content (AvgIpc) is 0.744. The Morgan fingerprint density at radius 2 is 0.786 bits per heavy atom. The fourth-order valence-corrected chi connectivity index (χ4v) is 17.3. The molecule has 7 fully saturated rings. The molecule has 7 aliphatic heterocycles. The number of hydrogen-bond donors (Lipinski definition) is 27. The number of carboxylic acid groups (broad SMARTS) is 1. The lowest BCUT2D eigenvalue weighted by Crippen LogP contribution is -2.73. The molecule has 7 rings (SSSR count). The second kappa shape index (κ2) is 57.9. The molecule has 14 unspecified atom stereocenters. The number of unbranched alkanes of at least 4 members (excludes halogenated alkanes) is 23. The smallest absolute Gasteiger partial charge is 0.364 e. The molecule has 27 N–H and O–H groups in total. The summed E-state index contributed by atoms with van der Waals surface area (Å²) in [5, 5.41) is 268. The highest BCUT2D eigenvalue weighted by Crippen LogP contribution is 2.43. The summed E-state index contributed by atoms with van der Waals surface area (Å²) in [5.74, 6) is -9.56. The zero-order valence-corrected chi connectivity index (χ0v) is 75.0. The van der Waals surface area contributed by atoms with Gasteiger partial charge in [-0.25, -0.2) is 4.79 Å². The van der Waals surface area contributed by atoms with Crippen molar-refractivity contribution in [2.24, 2.45) is 0 Å². The van der Waals surface area contributed by atoms with Crippen LogP contribution in [0, 0.1) is 0 Å². The van der Waals surface area contributed by atoms with Crippen molar-refractivity contribution in [3.05, 3.63) is 12.2 Å². The Labute approximate surface area is 761 Å². The van der Waals surface area contributed by atoms with Gasteiger partial charge in [-0.1, -0.05) is 167 Å². The van der Waals surface area contributed by atoms with Crippen LogP contribution in [0.5, 0.6) is 0 Å². The zero-order valence-electron chi connectivity index (χ0n) is 75.0. The van der Waals surface area contributed by atoms with E-state index in [0.717, 1.165) is 71.6 Å². The molecule has 0 aromatic rings. The molecule has 0 aromatic heterocycles. The summed E-state index contributed by atoms with van der Waals surface area (Å²) in [6, 6.07) is -7.22. The second-order valence-electron chi connectivity index (χ2n) is 34.9. The highest BCUT2D eigenvalue weighted by molar-refractivity contribution is 5.78. The average molecular weight is 1900 g/mol. The molecule has 131 heavy (non-hydrogen) atoms. The van der Waals surface area contributed by atoms with E-state index >= 15 is 0 Å². The minimum Gasteiger partial charge on any atom is -0.477 e. The fraction of sp³-hybridized carbons (Fsp3) is 0.918. The van der Waals surface area contributed by atoms with E-state index in [1.54, 1.807) is 6.08 Å². The number of carbonyl (C=O) groups is 5. The van der Waals surface area contributed by atoms with Gasteiger partial charge in [0.15, 0.2) is 37.7 Å². The monoisotopic (exact) mass is 1900 g/mol. The summed E-state index contributed by atoms with van der Waals surface area (Å²) >= 11 is 0. The molecule has 0 radical (unpaired) electrons. The van der Waals surface area contributed by atoms with E-state index < -0.39 is 322 Å². The molecule has 0 spiro atoms. The van der Waals surface area contributed by atoms with Crippen LogP contribution in [0.1, 0.15) is 201 Å². The normalized spacial score (nSPS) is 37.5. The zero-order chi connectivity index (χ0) is 96.3. The number of aliphatic hydroxyl groups is 22. The molecule has 0 saturated carbocycles. The van der Waals surface area contributed by atoms with Crippen LogP contribution in [-0.4, -0.2) is 439 Å². The molecule has 4 amide bonds. The third-order valence-electron chi connectivity index (χ3n) is 24.8. The van der Waals surface area contributed by atoms with E-state index in [2.05, 4.69) is 35.1 Å². The Kier molecular flexibility index (Phi) is 50.2. The van der Waals surface area contributed by atoms with Crippen LogP contribution in [0.3, 0.4) is 0 Å². The highest BCUT2D eigenvalue weighted by atomic mass is 16.8. The number of allylic oxidation sites excluding steroid dienone is 1. The van der Waals surface area contributed by atoms with Crippen molar-refractivity contribution < 1.29 is 208 Å². The van der Waals surface area contributed by atoms with Crippen molar-refractivity contribution in [3.63, 3.8) is 0 Å². The van der Waals surface area contributed by atoms with E-state index in [1.165, 1.54) is 89.9 Å². The molecule has 7 heterocycles. The van der Waals surface area contributed by atoms with Gasteiger partial charge in [-0.15, -0.1) is 0 Å². The Morgan fingerprint density at radius 3 is 1.23 bits per heavy atom. The minimum atomic E-state index is -3.58. The van der Waals surface area contributed by atoms with Crippen molar-refractivity contribution >= 4 is 29.6 Å². The van der Waals surface area contributed by atoms with Crippen LogP contribution in [0.25, 0.3) is 0 Å². The summed E-state index contributed by atoms with van der Waals surface area (Å²) in [6.07, 6.45) is -41.4. The quantitative estimate of drug-likeness (QED) is 0.0199. The van der Waals surface area contributed by atoms with Crippen LogP contribution < -0.4 is 21.3 Å². The third-order valence-corrected chi connectivity index (χ3v) is 24.8. The van der Waals surface area contributed by atoms with E-state index in [1.807, 2.05) is 6.08 Å². The first kappa shape index (κ1) is 114. The molecule has 762 valence electrons. The number of nitrogens with one attached hydrogen (secondary N) is 4. The van der Waals surface area contributed by atoms with E-state index in [-0.39, 0.29) is 12.3 Å². The van der Waals surface area contributed by atoms with Gasteiger partial charge in [-0.3, -0.25) is 19.2 Å². The number of aliphatic carboxylic acids is 1. The largest absolute Gasteiger partial charge is 0.477 e. The number of rotatable bonds is 58. The first-order valence-corrected chi connectivity index (χ1v) is 46.3. The van der Waals surface area contributed by atoms with Gasteiger partial charge < -0.3 is 205 Å². The minimum absolute atomic E-state index is 0.137. The summed E-state index contributed by atoms with van der Waals surface area (Å²) in [4.78, 5) is 67.0. The van der Waals surface area contributed by atoms with Gasteiger partial charge >= 0.3 is 5.97 Å². The maximum atomic E-state index is 14.0. The Hall–Kier alpha value is -4.35. The van der Waals surface area contributed by atoms with Crippen LogP contribution in [0.15, 0.2) is 12.2 Å². The van der Waals surface area contributed by atoms with Gasteiger partial charge in [0, 0.05) is 26.7 Å². The van der Waals surface area contributed by atoms with Gasteiger partial charge in [0.2, 0.25) is 23.6 Å². The van der Waals surface area contributed by atoms with Crippen molar-refractivity contribution in [2.75, 3.05) is 59.5 Å². The van der Waals surface area contributed by atoms with Crippen molar-refractivity contribution in [2.45, 2.75) is 434 Å². The molecular formula is C85H150N4O42. The number of aliphatic hydroxyl groups excluding tert-OH is 22. The summed E-state index contributed by atoms with van der Waals surface area (Å²) < 4.78 is 84.3. The summed E-state index contributed by atoms with van der Waals surface area (Å²) in [6.45, 7) is -3.86. The number of amides is 4. The molecule has 0 bridgehead atoms. The fourth-order valence-electron chi connectivity index (χ4n) is 17.3. The Morgan fingerprint density at radius 1 is 0.405 bits per heavy atom. The van der Waals surface area contributed by atoms with Gasteiger partial charge in [0.1, 0.15) is 171 Å². The first-order valence-electron chi connectivity index (χ1n) is 46.3. The predicted octanol–water partition coefficient (Wildman–Crippen LogP) is -7.06. The summed E-state index contributed by atoms with van der Waals surface area (Å²) in [7, 11) is 0. The molecular weight excluding hydrogens is 1750 g/mol. The third kappa shape index (κ3) is 32.4. The molecule has 46 nitrogen and oxygen atoms in total. The predicted molar refractivity (Wildman–Crippen MR) is 447 cm³/mol. The SMILES string of the molecule is CCCCCCCCCCCCC/C=C/[C@@H](O)[C@H](CO[C@@H]1OC(CO)[C@@H](O[C@@H]2OC(CO)[C@H](O[C@@H]3OC(CO)[C@H](O)[C@H](O[C@@H]4OC(CO)[C@H](O[C@@H]5OC(CO)[C@H](O)[C@H](O[C@@H]6OC(CO)[C@H](O)[C@H](O)C6O)C5NC(C)=O)[C@H](O[C@]5(C(=O)O)CC(O)[C@@H](NC(=O)CO)C([C@H](O)[C@H](O)CO)O5)C4O)C3NC(C)=O)[C@H](O)C2O)[C@H](O)C1O)NC(=O)CCCCCCCCCCCCCCC. The topological polar surface area (TPSA) is 728 Å². The van der Waals surface area contributed by atoms with Crippen LogP contribution >= 0.6 is 0 Å². The Bertz CT molecular complexity index is 3280. The van der Waals surface area contributed by atoms with Crippen molar-refractivity contribution in [3.8, 4) is 0 Å². The second-order valence-corrected chi connectivity index (χ2v) is 34.9. The number of hydrogen-bond acceptors (Lipinski definition) is 41. The lowest BCUT2D eigenvalue weighted by molar-refractivity contribution is -0.403. The maximum absolute atomic E-state index is 14.0. The number of carboxylic acids is 1. The standard InChI is InChI=1S/C85H150N4O42/c1-5-7-9-11-13-15-17-19-21-23-25-27-29-31-46(100)45(88-55(103)32-30-28-26-24-22-20-18-16-14-12-10-8-6-2)42-118-80-68(113)65(110)72(52(38-94)122-80)126-82-69(114)66(111)71(53(39-95)123-82)125-78-58(86-43(3)98)75(63(108)50(36-92)119-78)129-83-70(115)77(131-85(84(116)117)33-47(101)57(89-56(104)41-97)76(130-85)60(105)48(102)34-90)73(54(40-96)124-83)127-79-59(87-44(4)99)74(62(107)51(37-93)120-79)128-81-67(112)64(109)61(106)49(35-91)121-81/h29,31,45-54,57-83,90-97,100-102,105-115H,5-28,30,32-42H2,1-4H3,(H,86,98)(H,87,99)(H,88,103)(H,89,104)(H,116,117)/b31-29+/t45-,46+,47?,48+,49?,50?,51?,52?,53?,54?,57+,58?,59?,60+,61-,62-,63-,64-,65+,66+,67?,68?,69?,70?,71-,72+,73-,74+,75+,76?,77+,78-,79-,80+,81-,82-,83-,85-/m0/s1. The lowest BCUT2D eigenvalue weighted by Gasteiger charge is -2.53. The molecule has 7 aliphatic rings. The van der Waals surface area contributed by atoms with E-state index in [0.29, 0.717) is 12.8 Å². The van der Waals surface area contributed by atoms with Gasteiger partial charge in [0.05, 0.1) is 77.1 Å². The van der Waals surface area contributed by atoms with E-state index in [9.17, 15) is 141 Å². The van der Waals surface area contributed by atoms with Gasteiger partial charge in [0.25, 0.3) is 5.79 Å². The number of carbonyl (C=O) groups excluding carboxylic acids is 4. The van der Waals surface area contributed by atoms with Crippen molar-refractivity contribution in [1.82, 2.24) is 21.3 Å². The van der Waals surface area contributed by atoms with Crippen LogP contribution in [-0.2, 0) is 90.3 Å². The molecule has 38 atom stereocenters. The molecule has 7 saturated heterocycles. The number of ether oxygens (including phenoxy) is 14. The van der Waals surface area contributed by atoms with E-state index in [4.69, 9.17) is 66.3 Å². The van der Waals surface area contributed by atoms with Crippen LogP contribution in [0.2, 0.25) is 0 Å². The van der Waals surface area contributed by atoms with Crippen LogP contribution in [0.4, 0.5) is 0 Å². The summed E-state index contributed by atoms with van der Waals surface area (Å²) in [5.41, 5.74) is 0. The molecule has 46 heteroatoms. The molecule has 0 aliphatic carbocycles. The van der Waals surface area contributed by atoms with Gasteiger partial charge in [-0.05, 0) is 19.3 Å². The lowest BCUT2D eigenvalue weighted by atomic mass is 9.88. The Balaban J connectivity index is 1.12. The maximum Gasteiger partial charge on any atom is 0.364 e. The van der Waals surface area contributed by atoms with Gasteiger partial charge in [-0.2, -0.15) is 0 Å². The highest BCUT2D eigenvalue weighted by Gasteiger charge is 2.64. The molecule has 0 aromatic carbocycles.